The number of rotatable bonds is 3. The molecule has 16 heavy (non-hydrogen) atoms. The molecule has 1 aromatic heterocycles. The Bertz CT molecular complexity index is 363. The summed E-state index contributed by atoms with van der Waals surface area (Å²) in [5, 5.41) is 2.74. The third-order valence-electron chi connectivity index (χ3n) is 2.40. The standard InChI is InChI=1S/C10H13ClN2O2S/c11-6-8-7-16-9(12-8)5-10(14)13-1-3-15-4-2-13/h7H,1-6H2. The van der Waals surface area contributed by atoms with Crippen LogP contribution in [0.15, 0.2) is 5.38 Å². The maximum absolute atomic E-state index is 11.9. The van der Waals surface area contributed by atoms with Gasteiger partial charge in [0.15, 0.2) is 0 Å². The summed E-state index contributed by atoms with van der Waals surface area (Å²) in [7, 11) is 0. The van der Waals surface area contributed by atoms with Crippen LogP contribution >= 0.6 is 22.9 Å². The van der Waals surface area contributed by atoms with Crippen molar-refractivity contribution in [3.63, 3.8) is 0 Å². The van der Waals surface area contributed by atoms with Crippen LogP contribution in [0.4, 0.5) is 0 Å². The number of hydrogen-bond donors (Lipinski definition) is 0. The number of morpholine rings is 1. The van der Waals surface area contributed by atoms with Gasteiger partial charge in [-0.3, -0.25) is 4.79 Å². The molecule has 0 spiro atoms. The third-order valence-corrected chi connectivity index (χ3v) is 3.57. The van der Waals surface area contributed by atoms with Crippen LogP contribution in [0.3, 0.4) is 0 Å². The number of amides is 1. The Morgan fingerprint density at radius 3 is 2.94 bits per heavy atom. The van der Waals surface area contributed by atoms with Crippen molar-refractivity contribution in [2.24, 2.45) is 0 Å². The predicted molar refractivity (Wildman–Crippen MR) is 62.8 cm³/mol. The highest BCUT2D eigenvalue weighted by atomic mass is 35.5. The zero-order valence-electron chi connectivity index (χ0n) is 8.82. The van der Waals surface area contributed by atoms with Gasteiger partial charge in [0.2, 0.25) is 5.91 Å². The summed E-state index contributed by atoms with van der Waals surface area (Å²) >= 11 is 7.15. The van der Waals surface area contributed by atoms with E-state index in [4.69, 9.17) is 16.3 Å². The molecule has 0 N–H and O–H groups in total. The monoisotopic (exact) mass is 260 g/mol. The smallest absolute Gasteiger partial charge is 0.229 e. The molecule has 0 atom stereocenters. The van der Waals surface area contributed by atoms with Crippen molar-refractivity contribution < 1.29 is 9.53 Å². The van der Waals surface area contributed by atoms with Gasteiger partial charge in [0.25, 0.3) is 0 Å². The number of aromatic nitrogens is 1. The summed E-state index contributed by atoms with van der Waals surface area (Å²) in [6.45, 7) is 2.65. The van der Waals surface area contributed by atoms with Gasteiger partial charge >= 0.3 is 0 Å². The van der Waals surface area contributed by atoms with Crippen LogP contribution in [0, 0.1) is 0 Å². The number of nitrogens with zero attached hydrogens (tertiary/aromatic N) is 2. The number of carbonyl (C=O) groups excluding carboxylic acids is 1. The van der Waals surface area contributed by atoms with Crippen molar-refractivity contribution in [3.05, 3.63) is 16.1 Å². The van der Waals surface area contributed by atoms with E-state index in [1.54, 1.807) is 0 Å². The maximum atomic E-state index is 11.9. The fraction of sp³-hybridized carbons (Fsp3) is 0.600. The number of ether oxygens (including phenoxy) is 1. The second-order valence-electron chi connectivity index (χ2n) is 3.54. The molecule has 0 aromatic carbocycles. The molecule has 2 heterocycles. The fourth-order valence-corrected chi connectivity index (χ4v) is 2.56. The van der Waals surface area contributed by atoms with Crippen molar-refractivity contribution in [2.45, 2.75) is 12.3 Å². The van der Waals surface area contributed by atoms with Crippen LogP contribution < -0.4 is 0 Å². The average molecular weight is 261 g/mol. The lowest BCUT2D eigenvalue weighted by molar-refractivity contribution is -0.134. The van der Waals surface area contributed by atoms with E-state index < -0.39 is 0 Å². The van der Waals surface area contributed by atoms with Gasteiger partial charge in [0.05, 0.1) is 31.2 Å². The Morgan fingerprint density at radius 2 is 2.31 bits per heavy atom. The summed E-state index contributed by atoms with van der Waals surface area (Å²) < 4.78 is 5.20. The summed E-state index contributed by atoms with van der Waals surface area (Å²) in [6.07, 6.45) is 0.377. The van der Waals surface area contributed by atoms with E-state index in [0.717, 1.165) is 10.7 Å². The van der Waals surface area contributed by atoms with E-state index in [9.17, 15) is 4.79 Å². The van der Waals surface area contributed by atoms with Gasteiger partial charge in [0.1, 0.15) is 5.01 Å². The molecular weight excluding hydrogens is 248 g/mol. The number of thiazole rings is 1. The number of halogens is 1. The number of alkyl halides is 1. The maximum Gasteiger partial charge on any atom is 0.229 e. The van der Waals surface area contributed by atoms with Gasteiger partial charge in [-0.1, -0.05) is 0 Å². The first-order chi connectivity index (χ1) is 7.79. The topological polar surface area (TPSA) is 42.4 Å². The highest BCUT2D eigenvalue weighted by Crippen LogP contribution is 2.13. The Balaban J connectivity index is 1.90. The molecule has 6 heteroatoms. The lowest BCUT2D eigenvalue weighted by atomic mass is 10.3. The van der Waals surface area contributed by atoms with E-state index >= 15 is 0 Å². The molecule has 0 bridgehead atoms. The molecule has 0 radical (unpaired) electrons. The summed E-state index contributed by atoms with van der Waals surface area (Å²) in [6, 6.07) is 0. The van der Waals surface area contributed by atoms with Gasteiger partial charge in [-0.05, 0) is 0 Å². The van der Waals surface area contributed by atoms with Crippen molar-refractivity contribution in [3.8, 4) is 0 Å². The van der Waals surface area contributed by atoms with E-state index in [0.29, 0.717) is 38.6 Å². The Kier molecular flexibility index (Phi) is 4.15. The SMILES string of the molecule is O=C(Cc1nc(CCl)cs1)N1CCOCC1. The minimum atomic E-state index is 0.124. The highest BCUT2D eigenvalue weighted by Gasteiger charge is 2.18. The molecular formula is C10H13ClN2O2S. The van der Waals surface area contributed by atoms with Gasteiger partial charge in [-0.15, -0.1) is 22.9 Å². The quantitative estimate of drug-likeness (QED) is 0.769. The van der Waals surface area contributed by atoms with Crippen LogP contribution in [-0.2, 0) is 21.8 Å². The van der Waals surface area contributed by atoms with Crippen molar-refractivity contribution in [1.82, 2.24) is 9.88 Å². The van der Waals surface area contributed by atoms with E-state index in [-0.39, 0.29) is 5.91 Å². The predicted octanol–water partition coefficient (Wildman–Crippen LogP) is 1.28. The minimum absolute atomic E-state index is 0.124. The van der Waals surface area contributed by atoms with Crippen LogP contribution in [-0.4, -0.2) is 42.1 Å². The summed E-state index contributed by atoms with van der Waals surface area (Å²) in [5.41, 5.74) is 0.844. The number of hydrogen-bond acceptors (Lipinski definition) is 4. The second-order valence-corrected chi connectivity index (χ2v) is 4.75. The van der Waals surface area contributed by atoms with Gasteiger partial charge in [-0.25, -0.2) is 4.98 Å². The molecule has 1 aliphatic rings. The first-order valence-electron chi connectivity index (χ1n) is 5.14. The molecule has 1 saturated heterocycles. The first kappa shape index (κ1) is 11.8. The number of carbonyl (C=O) groups is 1. The molecule has 0 aliphatic carbocycles. The van der Waals surface area contributed by atoms with E-state index in [1.807, 2.05) is 10.3 Å². The fourth-order valence-electron chi connectivity index (χ4n) is 1.55. The Labute approximate surface area is 103 Å². The van der Waals surface area contributed by atoms with E-state index in [1.165, 1.54) is 11.3 Å². The lowest BCUT2D eigenvalue weighted by Gasteiger charge is -2.26. The molecule has 1 fully saturated rings. The minimum Gasteiger partial charge on any atom is -0.378 e. The molecule has 1 aliphatic heterocycles. The van der Waals surface area contributed by atoms with Crippen molar-refractivity contribution in [1.29, 1.82) is 0 Å². The molecule has 1 amide bonds. The van der Waals surface area contributed by atoms with Crippen molar-refractivity contribution in [2.75, 3.05) is 26.3 Å². The average Bonchev–Trinajstić information content (AvgIpc) is 2.78. The largest absolute Gasteiger partial charge is 0.378 e. The van der Waals surface area contributed by atoms with Crippen LogP contribution in [0.25, 0.3) is 0 Å². The third kappa shape index (κ3) is 2.93. The zero-order valence-corrected chi connectivity index (χ0v) is 10.4. The molecule has 1 aromatic rings. The van der Waals surface area contributed by atoms with Crippen molar-refractivity contribution >= 4 is 28.8 Å². The summed E-state index contributed by atoms with van der Waals surface area (Å²) in [5.74, 6) is 0.529. The van der Waals surface area contributed by atoms with Crippen LogP contribution in [0.2, 0.25) is 0 Å². The molecule has 4 nitrogen and oxygen atoms in total. The lowest BCUT2D eigenvalue weighted by Crippen LogP contribution is -2.41. The summed E-state index contributed by atoms with van der Waals surface area (Å²) in [4.78, 5) is 18.0. The van der Waals surface area contributed by atoms with E-state index in [2.05, 4.69) is 4.98 Å². The normalized spacial score (nSPS) is 16.4. The van der Waals surface area contributed by atoms with Gasteiger partial charge < -0.3 is 9.64 Å². The van der Waals surface area contributed by atoms with Gasteiger partial charge in [-0.2, -0.15) is 0 Å². The Morgan fingerprint density at radius 1 is 1.56 bits per heavy atom. The molecule has 0 saturated carbocycles. The highest BCUT2D eigenvalue weighted by molar-refractivity contribution is 7.09. The van der Waals surface area contributed by atoms with Gasteiger partial charge in [0, 0.05) is 18.5 Å². The molecule has 0 unspecified atom stereocenters. The second kappa shape index (κ2) is 5.61. The molecule has 88 valence electrons. The molecule has 2 rings (SSSR count). The zero-order chi connectivity index (χ0) is 11.4. The van der Waals surface area contributed by atoms with Crippen LogP contribution in [0.1, 0.15) is 10.7 Å². The van der Waals surface area contributed by atoms with Crippen LogP contribution in [0.5, 0.6) is 0 Å². The Hall–Kier alpha value is -0.650. The first-order valence-corrected chi connectivity index (χ1v) is 6.56.